The zero-order valence-corrected chi connectivity index (χ0v) is 17.2. The Hall–Kier alpha value is -2.48. The molecule has 1 aliphatic heterocycles. The van der Waals surface area contributed by atoms with Crippen LogP contribution in [0.2, 0.25) is 0 Å². The Kier molecular flexibility index (Phi) is 7.98. The predicted octanol–water partition coefficient (Wildman–Crippen LogP) is 2.92. The highest BCUT2D eigenvalue weighted by molar-refractivity contribution is 5.71. The van der Waals surface area contributed by atoms with Crippen LogP contribution in [-0.4, -0.2) is 62.8 Å². The number of anilines is 1. The number of nitrogens with zero attached hydrogens (tertiary/aromatic N) is 4. The van der Waals surface area contributed by atoms with Crippen LogP contribution in [0.1, 0.15) is 56.3 Å². The normalized spacial score (nSPS) is 17.0. The number of tetrazole rings is 1. The number of nitrogens with one attached hydrogen (secondary N) is 2. The van der Waals surface area contributed by atoms with E-state index in [0.29, 0.717) is 18.7 Å². The Balaban J connectivity index is 1.59. The van der Waals surface area contributed by atoms with Crippen molar-refractivity contribution in [3.05, 3.63) is 35.7 Å². The van der Waals surface area contributed by atoms with Gasteiger partial charge in [-0.3, -0.25) is 4.79 Å². The Morgan fingerprint density at radius 1 is 1.24 bits per heavy atom. The van der Waals surface area contributed by atoms with Crippen molar-refractivity contribution in [2.75, 3.05) is 31.5 Å². The van der Waals surface area contributed by atoms with Gasteiger partial charge in [0.05, 0.1) is 5.92 Å². The number of aromatic amines is 1. The van der Waals surface area contributed by atoms with Gasteiger partial charge in [0, 0.05) is 24.7 Å². The smallest absolute Gasteiger partial charge is 0.307 e. The molecular formula is C21H32N6O2. The van der Waals surface area contributed by atoms with Crippen molar-refractivity contribution in [3.63, 3.8) is 0 Å². The number of carboxylic acids is 1. The van der Waals surface area contributed by atoms with E-state index in [1.807, 2.05) is 6.92 Å². The minimum atomic E-state index is -0.808. The zero-order chi connectivity index (χ0) is 20.5. The molecule has 3 N–H and O–H groups in total. The lowest BCUT2D eigenvalue weighted by atomic mass is 9.83. The average molecular weight is 401 g/mol. The van der Waals surface area contributed by atoms with Gasteiger partial charge in [0.25, 0.3) is 0 Å². The summed E-state index contributed by atoms with van der Waals surface area (Å²) in [7, 11) is 0. The third-order valence-electron chi connectivity index (χ3n) is 5.71. The SMILES string of the molecule is CCC[C@H](C(=O)O)[C@H](Cc1ccc(NCCN2CCCCC2)cc1)c1nn[nH]n1. The Morgan fingerprint density at radius 3 is 2.62 bits per heavy atom. The lowest BCUT2D eigenvalue weighted by Gasteiger charge is -2.26. The molecule has 2 heterocycles. The molecule has 0 saturated carbocycles. The van der Waals surface area contributed by atoms with Gasteiger partial charge in [0.15, 0.2) is 5.82 Å². The molecule has 2 aromatic rings. The largest absolute Gasteiger partial charge is 0.481 e. The molecule has 0 aliphatic carbocycles. The highest BCUT2D eigenvalue weighted by atomic mass is 16.4. The highest BCUT2D eigenvalue weighted by Crippen LogP contribution is 2.30. The Bertz CT molecular complexity index is 728. The number of benzene rings is 1. The van der Waals surface area contributed by atoms with Crippen LogP contribution in [0.15, 0.2) is 24.3 Å². The Labute approximate surface area is 172 Å². The van der Waals surface area contributed by atoms with E-state index in [1.54, 1.807) is 0 Å². The first-order chi connectivity index (χ1) is 14.2. The lowest BCUT2D eigenvalue weighted by molar-refractivity contribution is -0.142. The lowest BCUT2D eigenvalue weighted by Crippen LogP contribution is -2.33. The fourth-order valence-corrected chi connectivity index (χ4v) is 4.10. The molecule has 29 heavy (non-hydrogen) atoms. The summed E-state index contributed by atoms with van der Waals surface area (Å²) in [5.74, 6) is -1.17. The summed E-state index contributed by atoms with van der Waals surface area (Å²) in [4.78, 5) is 14.3. The molecule has 0 amide bonds. The van der Waals surface area contributed by atoms with Gasteiger partial charge in [-0.15, -0.1) is 10.2 Å². The molecule has 8 nitrogen and oxygen atoms in total. The van der Waals surface area contributed by atoms with Crippen LogP contribution in [0.4, 0.5) is 5.69 Å². The molecule has 1 saturated heterocycles. The molecule has 0 unspecified atom stereocenters. The second-order valence-corrected chi connectivity index (χ2v) is 7.84. The van der Waals surface area contributed by atoms with E-state index >= 15 is 0 Å². The van der Waals surface area contributed by atoms with Crippen LogP contribution in [0.3, 0.4) is 0 Å². The van der Waals surface area contributed by atoms with Crippen molar-refractivity contribution in [1.82, 2.24) is 25.5 Å². The summed E-state index contributed by atoms with van der Waals surface area (Å²) in [5, 5.41) is 27.4. The van der Waals surface area contributed by atoms with Gasteiger partial charge in [-0.05, 0) is 56.5 Å². The minimum Gasteiger partial charge on any atom is -0.481 e. The summed E-state index contributed by atoms with van der Waals surface area (Å²) < 4.78 is 0. The maximum atomic E-state index is 11.8. The summed E-state index contributed by atoms with van der Waals surface area (Å²) in [6.07, 6.45) is 5.94. The number of carboxylic acid groups (broad SMARTS) is 1. The van der Waals surface area contributed by atoms with Crippen LogP contribution in [0.5, 0.6) is 0 Å². The highest BCUT2D eigenvalue weighted by Gasteiger charge is 2.31. The summed E-state index contributed by atoms with van der Waals surface area (Å²) in [5.41, 5.74) is 2.16. The first-order valence-electron chi connectivity index (χ1n) is 10.7. The summed E-state index contributed by atoms with van der Waals surface area (Å²) >= 11 is 0. The van der Waals surface area contributed by atoms with Crippen molar-refractivity contribution >= 4 is 11.7 Å². The van der Waals surface area contributed by atoms with Crippen molar-refractivity contribution in [2.24, 2.45) is 5.92 Å². The topological polar surface area (TPSA) is 107 Å². The van der Waals surface area contributed by atoms with Crippen molar-refractivity contribution < 1.29 is 9.90 Å². The summed E-state index contributed by atoms with van der Waals surface area (Å²) in [6.45, 7) is 6.41. The van der Waals surface area contributed by atoms with Crippen molar-refractivity contribution in [1.29, 1.82) is 0 Å². The first-order valence-corrected chi connectivity index (χ1v) is 10.7. The molecule has 1 aromatic carbocycles. The minimum absolute atomic E-state index is 0.302. The number of rotatable bonds is 11. The fraction of sp³-hybridized carbons (Fsp3) is 0.619. The van der Waals surface area contributed by atoms with E-state index < -0.39 is 11.9 Å². The number of hydrogen-bond donors (Lipinski definition) is 3. The van der Waals surface area contributed by atoms with Gasteiger partial charge < -0.3 is 15.3 Å². The fourth-order valence-electron chi connectivity index (χ4n) is 4.10. The van der Waals surface area contributed by atoms with Gasteiger partial charge in [-0.2, -0.15) is 5.21 Å². The van der Waals surface area contributed by atoms with Crippen molar-refractivity contribution in [3.8, 4) is 0 Å². The van der Waals surface area contributed by atoms with Crippen LogP contribution in [0.25, 0.3) is 0 Å². The number of likely N-dealkylation sites (tertiary alicyclic amines) is 1. The monoisotopic (exact) mass is 400 g/mol. The van der Waals surface area contributed by atoms with Gasteiger partial charge in [-0.25, -0.2) is 0 Å². The standard InChI is InChI=1S/C21H32N6O2/c1-2-6-18(21(28)29)19(20-23-25-26-24-20)15-16-7-9-17(10-8-16)22-11-14-27-12-4-3-5-13-27/h7-10,18-19,22H,2-6,11-15H2,1H3,(H,28,29)(H,23,24,25,26)/t18-,19-/m0/s1. The number of carbonyl (C=O) groups is 1. The van der Waals surface area contributed by atoms with E-state index in [0.717, 1.165) is 30.8 Å². The molecule has 3 rings (SSSR count). The van der Waals surface area contributed by atoms with E-state index in [-0.39, 0.29) is 5.92 Å². The molecule has 0 spiro atoms. The third kappa shape index (κ3) is 6.25. The number of hydrogen-bond acceptors (Lipinski definition) is 6. The number of H-pyrrole nitrogens is 1. The molecule has 0 radical (unpaired) electrons. The van der Waals surface area contributed by atoms with E-state index in [4.69, 9.17) is 0 Å². The van der Waals surface area contributed by atoms with Crippen LogP contribution in [0, 0.1) is 5.92 Å². The Morgan fingerprint density at radius 2 is 2.00 bits per heavy atom. The van der Waals surface area contributed by atoms with Gasteiger partial charge >= 0.3 is 5.97 Å². The quantitative estimate of drug-likeness (QED) is 0.532. The van der Waals surface area contributed by atoms with Crippen LogP contribution in [-0.2, 0) is 11.2 Å². The molecule has 158 valence electrons. The number of aliphatic carboxylic acids is 1. The first kappa shape index (κ1) is 21.2. The molecular weight excluding hydrogens is 368 g/mol. The van der Waals surface area contributed by atoms with E-state index in [9.17, 15) is 9.90 Å². The van der Waals surface area contributed by atoms with E-state index in [2.05, 4.69) is 55.1 Å². The molecule has 2 atom stereocenters. The maximum Gasteiger partial charge on any atom is 0.307 e. The van der Waals surface area contributed by atoms with Gasteiger partial charge in [-0.1, -0.05) is 37.1 Å². The maximum absolute atomic E-state index is 11.8. The molecule has 8 heteroatoms. The van der Waals surface area contributed by atoms with Crippen LogP contribution >= 0.6 is 0 Å². The molecule has 1 fully saturated rings. The third-order valence-corrected chi connectivity index (χ3v) is 5.71. The van der Waals surface area contributed by atoms with Gasteiger partial charge in [0.1, 0.15) is 0 Å². The summed E-state index contributed by atoms with van der Waals surface area (Å²) in [6, 6.07) is 8.24. The second-order valence-electron chi connectivity index (χ2n) is 7.84. The molecule has 1 aliphatic rings. The number of piperidine rings is 1. The van der Waals surface area contributed by atoms with E-state index in [1.165, 1.54) is 32.4 Å². The predicted molar refractivity (Wildman–Crippen MR) is 112 cm³/mol. The molecule has 1 aromatic heterocycles. The van der Waals surface area contributed by atoms with Gasteiger partial charge in [0.2, 0.25) is 0 Å². The average Bonchev–Trinajstić information content (AvgIpc) is 3.27. The number of aromatic nitrogens is 4. The molecule has 0 bridgehead atoms. The van der Waals surface area contributed by atoms with Crippen LogP contribution < -0.4 is 5.32 Å². The zero-order valence-electron chi connectivity index (χ0n) is 17.2. The van der Waals surface area contributed by atoms with Crippen molar-refractivity contribution in [2.45, 2.75) is 51.4 Å². The second kappa shape index (κ2) is 10.9.